The average Bonchev–Trinajstić information content (AvgIpc) is 1.77. The first-order valence-electron chi connectivity index (χ1n) is 32.0. The highest BCUT2D eigenvalue weighted by atomic mass is 16.4. The number of hydrogen-bond acceptors (Lipinski definition) is 6. The highest BCUT2D eigenvalue weighted by molar-refractivity contribution is 6.04. The maximum Gasteiger partial charge on any atom is 0.309 e. The van der Waals surface area contributed by atoms with Crippen LogP contribution in [0.4, 0.5) is 22.7 Å². The van der Waals surface area contributed by atoms with E-state index in [4.69, 9.17) is 0 Å². The first-order valence-corrected chi connectivity index (χ1v) is 32.0. The van der Waals surface area contributed by atoms with Gasteiger partial charge < -0.3 is 25.5 Å². The molecule has 6 aliphatic rings. The number of likely N-dealkylation sites (N-methyl/N-ethyl adjacent to an activating group) is 1. The molecular formula is C76H94N6O4+2. The Labute approximate surface area is 513 Å². The third kappa shape index (κ3) is 12.6. The summed E-state index contributed by atoms with van der Waals surface area (Å²) in [6, 6.07) is 34.5. The minimum absolute atomic E-state index is 0.0547. The first kappa shape index (κ1) is 61.5. The molecule has 4 aliphatic heterocycles. The second kappa shape index (κ2) is 25.8. The monoisotopic (exact) mass is 1150 g/mol. The van der Waals surface area contributed by atoms with Gasteiger partial charge in [0.25, 0.3) is 0 Å². The van der Waals surface area contributed by atoms with Gasteiger partial charge in [-0.15, -0.1) is 0 Å². The van der Waals surface area contributed by atoms with Gasteiger partial charge >= 0.3 is 5.97 Å². The number of aliphatic carboxylic acids is 1. The SMILES string of the molecule is CN1C(=CC=C2CCCC(C=CC3=[N+](C)c4ccccc4C3(C)C)=C2NCCCCCC(=O)CC2CCC(NC(=O)CCN3C(=CC=CC=CC4=[N+](CCC(=O)O)c5ccccc5C4(C)C)C(C)(C)c4ccccc43)CC2)C(C)(C)c2ccccc21. The van der Waals surface area contributed by atoms with E-state index >= 15 is 0 Å². The van der Waals surface area contributed by atoms with Crippen LogP contribution >= 0.6 is 0 Å². The molecule has 0 saturated heterocycles. The summed E-state index contributed by atoms with van der Waals surface area (Å²) < 4.78 is 4.50. The van der Waals surface area contributed by atoms with Gasteiger partial charge in [-0.05, 0) is 138 Å². The van der Waals surface area contributed by atoms with Gasteiger partial charge in [0.2, 0.25) is 17.3 Å². The Morgan fingerprint density at radius 3 is 1.94 bits per heavy atom. The molecule has 0 unspecified atom stereocenters. The summed E-state index contributed by atoms with van der Waals surface area (Å²) in [5.41, 5.74) is 18.0. The van der Waals surface area contributed by atoms with Gasteiger partial charge in [0.15, 0.2) is 18.0 Å². The third-order valence-corrected chi connectivity index (χ3v) is 19.9. The van der Waals surface area contributed by atoms with E-state index in [9.17, 15) is 19.5 Å². The lowest BCUT2D eigenvalue weighted by atomic mass is 9.81. The van der Waals surface area contributed by atoms with Crippen molar-refractivity contribution < 1.29 is 28.6 Å². The van der Waals surface area contributed by atoms with Gasteiger partial charge in [-0.1, -0.05) is 137 Å². The molecule has 86 heavy (non-hydrogen) atoms. The number of allylic oxidation sites excluding steroid dienone is 13. The standard InChI is InChI=1S/C76H92N6O4/c1-73(2)58-29-16-20-33-62(58)79(9)66(73)45-41-54-26-25-27-55(42-46-67-74(3,4)59-30-17-21-34-63(59)80(67)10)72(54)77-49-24-12-13-28-57(83)52-53-39-43-56(44-40-53)78-70(84)47-50-81-64-35-22-18-31-60(64)75(5,6)68(81)37-14-11-15-38-69-76(7,8)61-32-19-23-36-65(61)82(69)51-48-71(85)86/h11,14-23,29-38,41-42,45-46,53,56H,12-13,24-28,39-40,43-44,47-52H2,1-10H3,(H-,78,84,85,86)/p+2. The molecule has 10 nitrogen and oxygen atoms in total. The van der Waals surface area contributed by atoms with Gasteiger partial charge in [0.1, 0.15) is 19.3 Å². The maximum absolute atomic E-state index is 13.7. The Hall–Kier alpha value is -7.59. The van der Waals surface area contributed by atoms with Gasteiger partial charge in [0, 0.05) is 120 Å². The summed E-state index contributed by atoms with van der Waals surface area (Å²) >= 11 is 0. The summed E-state index contributed by atoms with van der Waals surface area (Å²) in [7, 11) is 4.39. The molecule has 3 N–H and O–H groups in total. The number of fused-ring (bicyclic) bond motifs is 4. The number of carboxylic acid groups (broad SMARTS) is 1. The molecule has 1 fully saturated rings. The Bertz CT molecular complexity index is 3550. The predicted octanol–water partition coefficient (Wildman–Crippen LogP) is 15.4. The molecule has 0 bridgehead atoms. The maximum atomic E-state index is 13.7. The van der Waals surface area contributed by atoms with E-state index in [-0.39, 0.29) is 40.0 Å². The van der Waals surface area contributed by atoms with Crippen LogP contribution in [-0.2, 0) is 36.0 Å². The molecule has 2 aliphatic carbocycles. The predicted molar refractivity (Wildman–Crippen MR) is 354 cm³/mol. The van der Waals surface area contributed by atoms with Gasteiger partial charge in [-0.3, -0.25) is 14.4 Å². The van der Waals surface area contributed by atoms with E-state index in [1.807, 2.05) is 24.3 Å². The van der Waals surface area contributed by atoms with Crippen molar-refractivity contribution in [1.82, 2.24) is 10.6 Å². The smallest absolute Gasteiger partial charge is 0.309 e. The van der Waals surface area contributed by atoms with Crippen LogP contribution in [0.1, 0.15) is 168 Å². The number of rotatable bonds is 22. The number of benzene rings is 4. The van der Waals surface area contributed by atoms with Crippen LogP contribution < -0.4 is 20.4 Å². The van der Waals surface area contributed by atoms with Crippen LogP contribution in [0.3, 0.4) is 0 Å². The molecule has 4 aromatic rings. The number of carbonyl (C=O) groups is 3. The van der Waals surface area contributed by atoms with Crippen molar-refractivity contribution in [2.75, 3.05) is 43.5 Å². The molecule has 1 amide bonds. The van der Waals surface area contributed by atoms with Gasteiger partial charge in [-0.2, -0.15) is 9.15 Å². The normalized spacial score (nSPS) is 22.3. The van der Waals surface area contributed by atoms with E-state index in [0.29, 0.717) is 44.1 Å². The van der Waals surface area contributed by atoms with Crippen molar-refractivity contribution in [1.29, 1.82) is 0 Å². The van der Waals surface area contributed by atoms with Gasteiger partial charge in [-0.25, -0.2) is 0 Å². The Kier molecular flexibility index (Phi) is 18.4. The third-order valence-electron chi connectivity index (χ3n) is 19.9. The number of Topliss-reactive ketones (excluding diaryl/α,β-unsaturated/α-hetero) is 1. The highest BCUT2D eigenvalue weighted by Gasteiger charge is 2.45. The number of para-hydroxylation sites is 4. The summed E-state index contributed by atoms with van der Waals surface area (Å²) in [4.78, 5) is 43.4. The molecule has 0 spiro atoms. The zero-order valence-electron chi connectivity index (χ0n) is 53.1. The number of nitrogens with zero attached hydrogens (tertiary/aromatic N) is 4. The molecular weight excluding hydrogens is 1060 g/mol. The number of nitrogens with one attached hydrogen (secondary N) is 2. The molecule has 1 saturated carbocycles. The Balaban J connectivity index is 0.699. The zero-order valence-corrected chi connectivity index (χ0v) is 53.1. The quantitative estimate of drug-likeness (QED) is 0.0409. The number of ketones is 1. The van der Waals surface area contributed by atoms with E-state index in [0.717, 1.165) is 93.5 Å². The van der Waals surface area contributed by atoms with Crippen LogP contribution in [-0.4, -0.2) is 83.1 Å². The van der Waals surface area contributed by atoms with Crippen LogP contribution in [0.25, 0.3) is 0 Å². The van der Waals surface area contributed by atoms with Gasteiger partial charge in [0.05, 0.1) is 10.8 Å². The van der Waals surface area contributed by atoms with E-state index in [1.54, 1.807) is 0 Å². The lowest BCUT2D eigenvalue weighted by Crippen LogP contribution is -2.39. The largest absolute Gasteiger partial charge is 0.481 e. The van der Waals surface area contributed by atoms with Crippen LogP contribution in [0.5, 0.6) is 0 Å². The van der Waals surface area contributed by atoms with E-state index in [2.05, 4.69) is 227 Å². The molecule has 10 heteroatoms. The minimum atomic E-state index is -0.811. The summed E-state index contributed by atoms with van der Waals surface area (Å²) in [6.45, 7) is 20.1. The molecule has 4 heterocycles. The lowest BCUT2D eigenvalue weighted by molar-refractivity contribution is -0.436. The van der Waals surface area contributed by atoms with Crippen molar-refractivity contribution in [2.45, 2.75) is 173 Å². The summed E-state index contributed by atoms with van der Waals surface area (Å²) in [5.74, 6) is 0.00806. The van der Waals surface area contributed by atoms with Crippen LogP contribution in [0.2, 0.25) is 0 Å². The molecule has 450 valence electrons. The zero-order chi connectivity index (χ0) is 61.0. The molecule has 0 aromatic heterocycles. The Morgan fingerprint density at radius 1 is 0.616 bits per heavy atom. The van der Waals surface area contributed by atoms with E-state index in [1.165, 1.54) is 61.9 Å². The van der Waals surface area contributed by atoms with Crippen molar-refractivity contribution in [3.05, 3.63) is 202 Å². The fraction of sp³-hybridized carbons (Fsp3) is 0.434. The second-order valence-electron chi connectivity index (χ2n) is 27.0. The number of carbonyl (C=O) groups excluding carboxylic acids is 2. The van der Waals surface area contributed by atoms with Crippen molar-refractivity contribution in [3.63, 3.8) is 0 Å². The summed E-state index contributed by atoms with van der Waals surface area (Å²) in [5, 5.41) is 16.9. The van der Waals surface area contributed by atoms with Crippen molar-refractivity contribution >= 4 is 51.8 Å². The number of amides is 1. The highest BCUT2D eigenvalue weighted by Crippen LogP contribution is 2.49. The van der Waals surface area contributed by atoms with E-state index < -0.39 is 5.97 Å². The second-order valence-corrected chi connectivity index (χ2v) is 27.0. The number of hydrogen-bond donors (Lipinski definition) is 3. The molecule has 4 aromatic carbocycles. The molecule has 0 atom stereocenters. The Morgan fingerprint density at radius 2 is 1.24 bits per heavy atom. The van der Waals surface area contributed by atoms with Crippen LogP contribution in [0, 0.1) is 5.92 Å². The topological polar surface area (TPSA) is 108 Å². The number of carboxylic acids is 1. The fourth-order valence-corrected chi connectivity index (χ4v) is 15.1. The summed E-state index contributed by atoms with van der Waals surface area (Å²) in [6.07, 6.45) is 31.4. The fourth-order valence-electron chi connectivity index (χ4n) is 15.1. The number of unbranched alkanes of at least 4 members (excludes halogenated alkanes) is 2. The first-order chi connectivity index (χ1) is 41.2. The van der Waals surface area contributed by atoms with Crippen molar-refractivity contribution in [2.24, 2.45) is 5.92 Å². The molecule has 10 rings (SSSR count). The lowest BCUT2D eigenvalue weighted by Gasteiger charge is -2.30. The number of anilines is 2. The average molecular weight is 1160 g/mol. The van der Waals surface area contributed by atoms with Crippen LogP contribution in [0.15, 0.2) is 180 Å². The van der Waals surface area contributed by atoms with Crippen molar-refractivity contribution in [3.8, 4) is 0 Å². The molecule has 0 radical (unpaired) electrons. The minimum Gasteiger partial charge on any atom is -0.481 e.